The molecule has 0 radical (unpaired) electrons. The maximum Gasteiger partial charge on any atom is 0.261 e. The number of nitrogens with one attached hydrogen (secondary N) is 1. The van der Waals surface area contributed by atoms with Crippen molar-refractivity contribution in [1.29, 1.82) is 0 Å². The van der Waals surface area contributed by atoms with E-state index in [1.54, 1.807) is 4.90 Å². The minimum Gasteiger partial charge on any atom is -0.483 e. The average Bonchev–Trinajstić information content (AvgIpc) is 2.91. The third-order valence-corrected chi connectivity index (χ3v) is 7.66. The Bertz CT molecular complexity index is 1200. The van der Waals surface area contributed by atoms with Crippen LogP contribution in [-0.4, -0.2) is 35.4 Å². The van der Waals surface area contributed by atoms with Crippen molar-refractivity contribution < 1.29 is 14.3 Å². The van der Waals surface area contributed by atoms with Gasteiger partial charge in [0.25, 0.3) is 5.91 Å². The Balaban J connectivity index is 1.91. The van der Waals surface area contributed by atoms with E-state index in [0.29, 0.717) is 18.1 Å². The molecule has 0 bridgehead atoms. The maximum absolute atomic E-state index is 13.8. The van der Waals surface area contributed by atoms with Crippen LogP contribution in [0.1, 0.15) is 56.7 Å². The molecule has 0 saturated heterocycles. The summed E-state index contributed by atoms with van der Waals surface area (Å²) in [7, 11) is 0. The number of carbonyl (C=O) groups excluding carboxylic acids is 2. The number of nitrogens with zero attached hydrogens (tertiary/aromatic N) is 1. The molecule has 0 aromatic heterocycles. The Kier molecular flexibility index (Phi) is 11.4. The fourth-order valence-electron chi connectivity index (χ4n) is 4.00. The monoisotopic (exact) mass is 642 g/mol. The number of carbonyl (C=O) groups is 2. The van der Waals surface area contributed by atoms with Crippen molar-refractivity contribution in [3.05, 3.63) is 98.4 Å². The van der Waals surface area contributed by atoms with Gasteiger partial charge in [0, 0.05) is 23.5 Å². The van der Waals surface area contributed by atoms with Crippen LogP contribution in [0.25, 0.3) is 0 Å². The van der Waals surface area contributed by atoms with Crippen LogP contribution in [-0.2, 0) is 22.6 Å². The lowest BCUT2D eigenvalue weighted by Crippen LogP contribution is -2.53. The minimum absolute atomic E-state index is 0.00270. The molecule has 0 fully saturated rings. The molecule has 3 aromatic carbocycles. The molecule has 2 unspecified atom stereocenters. The fourth-order valence-corrected chi connectivity index (χ4v) is 4.77. The second kappa shape index (κ2) is 14.5. The van der Waals surface area contributed by atoms with E-state index < -0.39 is 6.04 Å². The van der Waals surface area contributed by atoms with Crippen molar-refractivity contribution in [2.75, 3.05) is 6.61 Å². The first-order valence-electron chi connectivity index (χ1n) is 13.0. The van der Waals surface area contributed by atoms with Gasteiger partial charge < -0.3 is 15.0 Å². The SMILES string of the molecule is CCC(C)NC(=O)C(Cc1ccccc1)N(Cc1ccc(Br)cc1)C(=O)COc1ccc(C(C)C)cc1Br. The normalized spacial score (nSPS) is 12.6. The summed E-state index contributed by atoms with van der Waals surface area (Å²) in [4.78, 5) is 29.0. The van der Waals surface area contributed by atoms with Gasteiger partial charge in [0.15, 0.2) is 6.61 Å². The predicted molar refractivity (Wildman–Crippen MR) is 160 cm³/mol. The van der Waals surface area contributed by atoms with E-state index in [-0.39, 0.29) is 31.0 Å². The van der Waals surface area contributed by atoms with Gasteiger partial charge in [-0.2, -0.15) is 0 Å². The van der Waals surface area contributed by atoms with Crippen LogP contribution in [0.15, 0.2) is 81.7 Å². The lowest BCUT2D eigenvalue weighted by atomic mass is 10.0. The van der Waals surface area contributed by atoms with Crippen LogP contribution in [0, 0.1) is 0 Å². The number of hydrogen-bond donors (Lipinski definition) is 1. The number of rotatable bonds is 12. The highest BCUT2D eigenvalue weighted by molar-refractivity contribution is 9.10. The number of benzene rings is 3. The largest absolute Gasteiger partial charge is 0.483 e. The molecule has 2 atom stereocenters. The van der Waals surface area contributed by atoms with Gasteiger partial charge in [-0.3, -0.25) is 9.59 Å². The summed E-state index contributed by atoms with van der Waals surface area (Å²) >= 11 is 7.05. The molecule has 202 valence electrons. The summed E-state index contributed by atoms with van der Waals surface area (Å²) in [5.41, 5.74) is 3.09. The Hall–Kier alpha value is -2.64. The van der Waals surface area contributed by atoms with E-state index >= 15 is 0 Å². The molecule has 38 heavy (non-hydrogen) atoms. The number of amides is 2. The molecule has 3 rings (SSSR count). The van der Waals surface area contributed by atoms with E-state index in [0.717, 1.165) is 26.5 Å². The van der Waals surface area contributed by atoms with Gasteiger partial charge in [-0.05, 0) is 76.1 Å². The van der Waals surface area contributed by atoms with Crippen molar-refractivity contribution in [2.24, 2.45) is 0 Å². The molecular formula is C31H36Br2N2O3. The molecule has 0 aliphatic heterocycles. The molecule has 3 aromatic rings. The summed E-state index contributed by atoms with van der Waals surface area (Å²) in [5.74, 6) is 0.547. The summed E-state index contributed by atoms with van der Waals surface area (Å²) < 4.78 is 7.73. The molecule has 5 nitrogen and oxygen atoms in total. The van der Waals surface area contributed by atoms with Crippen molar-refractivity contribution in [1.82, 2.24) is 10.2 Å². The van der Waals surface area contributed by atoms with Crippen molar-refractivity contribution >= 4 is 43.7 Å². The van der Waals surface area contributed by atoms with Gasteiger partial charge in [0.05, 0.1) is 4.47 Å². The summed E-state index contributed by atoms with van der Waals surface area (Å²) in [6.07, 6.45) is 1.20. The van der Waals surface area contributed by atoms with Gasteiger partial charge >= 0.3 is 0 Å². The van der Waals surface area contributed by atoms with E-state index in [1.165, 1.54) is 5.56 Å². The molecule has 0 spiro atoms. The van der Waals surface area contributed by atoms with Crippen LogP contribution >= 0.6 is 31.9 Å². The maximum atomic E-state index is 13.8. The topological polar surface area (TPSA) is 58.6 Å². The molecule has 0 aliphatic rings. The van der Waals surface area contributed by atoms with Crippen molar-refractivity contribution in [2.45, 2.75) is 65.1 Å². The molecule has 7 heteroatoms. The third-order valence-electron chi connectivity index (χ3n) is 6.51. The van der Waals surface area contributed by atoms with Crippen molar-refractivity contribution in [3.63, 3.8) is 0 Å². The van der Waals surface area contributed by atoms with Crippen LogP contribution in [0.2, 0.25) is 0 Å². The highest BCUT2D eigenvalue weighted by Crippen LogP contribution is 2.29. The molecule has 1 N–H and O–H groups in total. The van der Waals surface area contributed by atoms with Crippen molar-refractivity contribution in [3.8, 4) is 5.75 Å². The van der Waals surface area contributed by atoms with Gasteiger partial charge in [-0.1, -0.05) is 85.2 Å². The van der Waals surface area contributed by atoms with Crippen LogP contribution in [0.3, 0.4) is 0 Å². The first kappa shape index (κ1) is 29.9. The average molecular weight is 644 g/mol. The molecule has 0 heterocycles. The van der Waals surface area contributed by atoms with Gasteiger partial charge in [0.2, 0.25) is 5.91 Å². The zero-order valence-corrected chi connectivity index (χ0v) is 25.6. The lowest BCUT2D eigenvalue weighted by Gasteiger charge is -2.32. The molecule has 0 saturated carbocycles. The van der Waals surface area contributed by atoms with Gasteiger partial charge in [0.1, 0.15) is 11.8 Å². The Morgan fingerprint density at radius 3 is 2.21 bits per heavy atom. The van der Waals surface area contributed by atoms with E-state index in [4.69, 9.17) is 4.74 Å². The number of ether oxygens (including phenoxy) is 1. The smallest absolute Gasteiger partial charge is 0.261 e. The second-order valence-corrected chi connectivity index (χ2v) is 11.6. The quantitative estimate of drug-likeness (QED) is 0.226. The van der Waals surface area contributed by atoms with E-state index in [9.17, 15) is 9.59 Å². The standard InChI is InChI=1S/C31H36Br2N2O3/c1-5-22(4)34-31(37)28(17-23-9-7-6-8-10-23)35(19-24-11-14-26(32)15-12-24)30(36)20-38-29-16-13-25(21(2)3)18-27(29)33/h6-16,18,21-22,28H,5,17,19-20H2,1-4H3,(H,34,37). The Labute approximate surface area is 243 Å². The lowest BCUT2D eigenvalue weighted by molar-refractivity contribution is -0.143. The van der Waals surface area contributed by atoms with Crippen LogP contribution < -0.4 is 10.1 Å². The van der Waals surface area contributed by atoms with E-state index in [1.807, 2.05) is 86.6 Å². The van der Waals surface area contributed by atoms with Gasteiger partial charge in [-0.15, -0.1) is 0 Å². The van der Waals surface area contributed by atoms with Crippen LogP contribution in [0.4, 0.5) is 0 Å². The summed E-state index contributed by atoms with van der Waals surface area (Å²) in [5, 5.41) is 3.09. The second-order valence-electron chi connectivity index (χ2n) is 9.80. The molecule has 2 amide bonds. The number of halogens is 2. The fraction of sp³-hybridized carbons (Fsp3) is 0.355. The summed E-state index contributed by atoms with van der Waals surface area (Å²) in [6, 6.07) is 22.8. The predicted octanol–water partition coefficient (Wildman–Crippen LogP) is 7.27. The molecule has 0 aliphatic carbocycles. The Morgan fingerprint density at radius 1 is 0.921 bits per heavy atom. The third kappa shape index (κ3) is 8.70. The van der Waals surface area contributed by atoms with Crippen LogP contribution in [0.5, 0.6) is 5.75 Å². The first-order valence-corrected chi connectivity index (χ1v) is 14.6. The first-order chi connectivity index (χ1) is 18.2. The number of hydrogen-bond acceptors (Lipinski definition) is 3. The highest BCUT2D eigenvalue weighted by Gasteiger charge is 2.31. The minimum atomic E-state index is -0.696. The zero-order valence-electron chi connectivity index (χ0n) is 22.4. The molecular weight excluding hydrogens is 608 g/mol. The zero-order chi connectivity index (χ0) is 27.7. The van der Waals surface area contributed by atoms with Gasteiger partial charge in [-0.25, -0.2) is 0 Å². The van der Waals surface area contributed by atoms with E-state index in [2.05, 4.69) is 51.0 Å². The summed E-state index contributed by atoms with van der Waals surface area (Å²) in [6.45, 7) is 8.36. The highest BCUT2D eigenvalue weighted by atomic mass is 79.9. The Morgan fingerprint density at radius 2 is 1.61 bits per heavy atom.